The van der Waals surface area contributed by atoms with Crippen molar-refractivity contribution in [3.05, 3.63) is 29.6 Å². The van der Waals surface area contributed by atoms with Crippen LogP contribution >= 0.6 is 12.2 Å². The van der Waals surface area contributed by atoms with Gasteiger partial charge in [-0.05, 0) is 25.0 Å². The van der Waals surface area contributed by atoms with E-state index >= 15 is 0 Å². The summed E-state index contributed by atoms with van der Waals surface area (Å²) in [5, 5.41) is 9.20. The van der Waals surface area contributed by atoms with E-state index in [4.69, 9.17) is 18.0 Å². The Labute approximate surface area is 111 Å². The molecule has 18 heavy (non-hydrogen) atoms. The summed E-state index contributed by atoms with van der Waals surface area (Å²) in [7, 11) is 0. The molecule has 1 saturated heterocycles. The van der Waals surface area contributed by atoms with Crippen molar-refractivity contribution >= 4 is 23.1 Å². The van der Waals surface area contributed by atoms with Gasteiger partial charge in [-0.1, -0.05) is 12.2 Å². The molecular weight excluding hydrogens is 250 g/mol. The van der Waals surface area contributed by atoms with Crippen molar-refractivity contribution in [1.29, 1.82) is 0 Å². The molecule has 1 amide bonds. The van der Waals surface area contributed by atoms with E-state index in [0.717, 1.165) is 12.8 Å². The van der Waals surface area contributed by atoms with E-state index in [-0.39, 0.29) is 23.5 Å². The normalized spacial score (nSPS) is 18.9. The van der Waals surface area contributed by atoms with Crippen molar-refractivity contribution in [3.63, 3.8) is 0 Å². The first-order valence-electron chi connectivity index (χ1n) is 5.81. The van der Waals surface area contributed by atoms with Gasteiger partial charge in [0.05, 0.1) is 12.6 Å². The van der Waals surface area contributed by atoms with Crippen LogP contribution in [-0.2, 0) is 0 Å². The molecule has 5 nitrogen and oxygen atoms in total. The second-order valence-corrected chi connectivity index (χ2v) is 4.71. The van der Waals surface area contributed by atoms with Crippen LogP contribution in [0.4, 0.5) is 0 Å². The number of aliphatic hydroxyl groups is 1. The molecule has 3 N–H and O–H groups in total. The number of pyridine rings is 1. The van der Waals surface area contributed by atoms with E-state index in [1.54, 1.807) is 17.0 Å². The van der Waals surface area contributed by atoms with E-state index in [1.165, 1.54) is 6.20 Å². The zero-order chi connectivity index (χ0) is 13.1. The highest BCUT2D eigenvalue weighted by Crippen LogP contribution is 2.19. The average Bonchev–Trinajstić information content (AvgIpc) is 2.86. The van der Waals surface area contributed by atoms with Crippen LogP contribution in [-0.4, -0.2) is 45.1 Å². The third kappa shape index (κ3) is 2.49. The fourth-order valence-corrected chi connectivity index (χ4v) is 2.23. The Balaban J connectivity index is 2.16. The van der Waals surface area contributed by atoms with E-state index < -0.39 is 0 Å². The summed E-state index contributed by atoms with van der Waals surface area (Å²) >= 11 is 4.83. The van der Waals surface area contributed by atoms with Crippen LogP contribution < -0.4 is 5.73 Å². The number of aliphatic hydroxyl groups excluding tert-OH is 1. The van der Waals surface area contributed by atoms with Crippen LogP contribution in [0.15, 0.2) is 18.3 Å². The molecule has 0 saturated carbocycles. The largest absolute Gasteiger partial charge is 0.394 e. The van der Waals surface area contributed by atoms with Gasteiger partial charge in [-0.3, -0.25) is 9.78 Å². The maximum absolute atomic E-state index is 12.2. The third-order valence-electron chi connectivity index (χ3n) is 3.12. The van der Waals surface area contributed by atoms with Gasteiger partial charge in [-0.25, -0.2) is 0 Å². The number of carbonyl (C=O) groups excluding carboxylic acids is 1. The lowest BCUT2D eigenvalue weighted by molar-refractivity contribution is 0.0672. The summed E-state index contributed by atoms with van der Waals surface area (Å²) in [4.78, 5) is 18.2. The van der Waals surface area contributed by atoms with Crippen LogP contribution in [0.25, 0.3) is 0 Å². The highest BCUT2D eigenvalue weighted by atomic mass is 32.1. The molecule has 1 aliphatic rings. The summed E-state index contributed by atoms with van der Waals surface area (Å²) in [6.07, 6.45) is 3.26. The predicted octanol–water partition coefficient (Wildman–Crippen LogP) is 0.313. The molecule has 1 aromatic heterocycles. The summed E-state index contributed by atoms with van der Waals surface area (Å²) in [5.74, 6) is -0.152. The van der Waals surface area contributed by atoms with Gasteiger partial charge in [0.1, 0.15) is 10.7 Å². The van der Waals surface area contributed by atoms with E-state index in [1.807, 2.05) is 0 Å². The number of hydrogen-bond acceptors (Lipinski definition) is 4. The van der Waals surface area contributed by atoms with Crippen LogP contribution in [0.2, 0.25) is 0 Å². The second kappa shape index (κ2) is 5.41. The highest BCUT2D eigenvalue weighted by Gasteiger charge is 2.29. The Morgan fingerprint density at radius 1 is 1.61 bits per heavy atom. The van der Waals surface area contributed by atoms with Crippen molar-refractivity contribution in [2.45, 2.75) is 18.9 Å². The fourth-order valence-electron chi connectivity index (χ4n) is 2.11. The number of thiocarbonyl (C=S) groups is 1. The van der Waals surface area contributed by atoms with E-state index in [2.05, 4.69) is 4.98 Å². The quantitative estimate of drug-likeness (QED) is 0.769. The monoisotopic (exact) mass is 265 g/mol. The molecule has 1 unspecified atom stereocenters. The van der Waals surface area contributed by atoms with Gasteiger partial charge in [0.25, 0.3) is 5.91 Å². The van der Waals surface area contributed by atoms with Gasteiger partial charge < -0.3 is 15.7 Å². The smallest absolute Gasteiger partial charge is 0.272 e. The maximum Gasteiger partial charge on any atom is 0.272 e. The Morgan fingerprint density at radius 2 is 2.39 bits per heavy atom. The van der Waals surface area contributed by atoms with Crippen LogP contribution in [0.3, 0.4) is 0 Å². The molecule has 1 atom stereocenters. The minimum absolute atomic E-state index is 0.00326. The first-order valence-corrected chi connectivity index (χ1v) is 6.22. The Kier molecular flexibility index (Phi) is 3.88. The molecule has 1 aromatic rings. The van der Waals surface area contributed by atoms with Gasteiger partial charge >= 0.3 is 0 Å². The number of aromatic nitrogens is 1. The van der Waals surface area contributed by atoms with Gasteiger partial charge in [-0.15, -0.1) is 0 Å². The van der Waals surface area contributed by atoms with E-state index in [9.17, 15) is 9.90 Å². The number of carbonyl (C=O) groups is 1. The number of hydrogen-bond donors (Lipinski definition) is 2. The molecule has 96 valence electrons. The van der Waals surface area contributed by atoms with Crippen molar-refractivity contribution in [3.8, 4) is 0 Å². The first-order chi connectivity index (χ1) is 8.63. The minimum Gasteiger partial charge on any atom is -0.394 e. The van der Waals surface area contributed by atoms with E-state index in [0.29, 0.717) is 17.8 Å². The van der Waals surface area contributed by atoms with Crippen LogP contribution in [0.5, 0.6) is 0 Å². The number of likely N-dealkylation sites (tertiary alicyclic amines) is 1. The number of nitrogens with zero attached hydrogens (tertiary/aromatic N) is 2. The van der Waals surface area contributed by atoms with Gasteiger partial charge in [0.2, 0.25) is 0 Å². The third-order valence-corrected chi connectivity index (χ3v) is 3.35. The molecule has 0 bridgehead atoms. The Bertz CT molecular complexity index is 461. The second-order valence-electron chi connectivity index (χ2n) is 4.27. The van der Waals surface area contributed by atoms with Crippen LogP contribution in [0, 0.1) is 0 Å². The minimum atomic E-state index is -0.152. The zero-order valence-electron chi connectivity index (χ0n) is 9.87. The first kappa shape index (κ1) is 12.9. The van der Waals surface area contributed by atoms with Crippen molar-refractivity contribution in [2.75, 3.05) is 13.2 Å². The number of nitrogens with two attached hydrogens (primary N) is 1. The van der Waals surface area contributed by atoms with Gasteiger partial charge in [0, 0.05) is 18.3 Å². The van der Waals surface area contributed by atoms with Crippen molar-refractivity contribution in [2.24, 2.45) is 5.73 Å². The molecule has 0 aliphatic carbocycles. The molecule has 1 aliphatic heterocycles. The Hall–Kier alpha value is -1.53. The molecule has 1 fully saturated rings. The highest BCUT2D eigenvalue weighted by molar-refractivity contribution is 7.80. The lowest BCUT2D eigenvalue weighted by Crippen LogP contribution is -2.38. The number of amides is 1. The standard InChI is InChI=1S/C12H15N3O2S/c13-11(18)8-3-4-10(14-6-8)12(17)15-5-1-2-9(15)7-16/h3-4,6,9,16H,1-2,5,7H2,(H2,13,18). The Morgan fingerprint density at radius 3 is 2.94 bits per heavy atom. The summed E-state index contributed by atoms with van der Waals surface area (Å²) in [5.41, 5.74) is 6.47. The van der Waals surface area contributed by atoms with Crippen molar-refractivity contribution < 1.29 is 9.90 Å². The summed E-state index contributed by atoms with van der Waals surface area (Å²) < 4.78 is 0. The average molecular weight is 265 g/mol. The molecule has 0 spiro atoms. The molecule has 6 heteroatoms. The predicted molar refractivity (Wildman–Crippen MR) is 71.3 cm³/mol. The lowest BCUT2D eigenvalue weighted by atomic mass is 10.2. The molecular formula is C12H15N3O2S. The fraction of sp³-hybridized carbons (Fsp3) is 0.417. The number of rotatable bonds is 3. The topological polar surface area (TPSA) is 79.5 Å². The summed E-state index contributed by atoms with van der Waals surface area (Å²) in [6.45, 7) is 0.666. The van der Waals surface area contributed by atoms with Gasteiger partial charge in [-0.2, -0.15) is 0 Å². The lowest BCUT2D eigenvalue weighted by Gasteiger charge is -2.22. The molecule has 0 aromatic carbocycles. The molecule has 2 rings (SSSR count). The van der Waals surface area contributed by atoms with Crippen LogP contribution in [0.1, 0.15) is 28.9 Å². The molecule has 0 radical (unpaired) electrons. The van der Waals surface area contributed by atoms with Gasteiger partial charge in [0.15, 0.2) is 0 Å². The maximum atomic E-state index is 12.2. The summed E-state index contributed by atoms with van der Waals surface area (Å²) in [6, 6.07) is 3.21. The zero-order valence-corrected chi connectivity index (χ0v) is 10.7. The van der Waals surface area contributed by atoms with Crippen molar-refractivity contribution in [1.82, 2.24) is 9.88 Å². The molecule has 2 heterocycles. The SMILES string of the molecule is NC(=S)c1ccc(C(=O)N2CCCC2CO)nc1.